The number of amides is 2. The lowest BCUT2D eigenvalue weighted by Crippen LogP contribution is -2.48. The van der Waals surface area contributed by atoms with E-state index in [0.29, 0.717) is 23.7 Å². The maximum Gasteiger partial charge on any atom is 0.251 e. The van der Waals surface area contributed by atoms with Gasteiger partial charge in [-0.1, -0.05) is 53.7 Å². The van der Waals surface area contributed by atoms with Gasteiger partial charge in [-0.3, -0.25) is 9.59 Å². The quantitative estimate of drug-likeness (QED) is 0.659. The maximum atomic E-state index is 12.9. The number of hydrogen-bond donors (Lipinski definition) is 2. The van der Waals surface area contributed by atoms with Gasteiger partial charge < -0.3 is 15.2 Å². The zero-order valence-corrected chi connectivity index (χ0v) is 15.8. The normalized spacial score (nSPS) is 12.8. The zero-order valence-electron chi connectivity index (χ0n) is 15.8. The zero-order chi connectivity index (χ0) is 19.9. The fourth-order valence-corrected chi connectivity index (χ4v) is 2.75. The average Bonchev–Trinajstić information content (AvgIpc) is 3.15. The predicted octanol–water partition coefficient (Wildman–Crippen LogP) is 2.60. The Morgan fingerprint density at radius 2 is 1.64 bits per heavy atom. The van der Waals surface area contributed by atoms with Crippen LogP contribution in [0.3, 0.4) is 0 Å². The minimum atomic E-state index is -0.749. The number of carbonyl (C=O) groups is 2. The first-order chi connectivity index (χ1) is 13.5. The van der Waals surface area contributed by atoms with Crippen LogP contribution < -0.4 is 10.6 Å². The highest BCUT2D eigenvalue weighted by molar-refractivity contribution is 5.97. The maximum absolute atomic E-state index is 12.9. The van der Waals surface area contributed by atoms with Crippen molar-refractivity contribution in [3.63, 3.8) is 0 Å². The molecule has 3 rings (SSSR count). The largest absolute Gasteiger partial charge is 0.343 e. The molecule has 7 heteroatoms. The number of carbonyl (C=O) groups excluding carboxylic acids is 2. The molecule has 0 aliphatic carbocycles. The monoisotopic (exact) mass is 378 g/mol. The molecule has 2 unspecified atom stereocenters. The van der Waals surface area contributed by atoms with Crippen molar-refractivity contribution in [3.05, 3.63) is 83.5 Å². The molecule has 2 amide bonds. The molecule has 0 saturated heterocycles. The Morgan fingerprint density at radius 3 is 2.25 bits per heavy atom. The van der Waals surface area contributed by atoms with Gasteiger partial charge in [-0.15, -0.1) is 0 Å². The second-order valence-corrected chi connectivity index (χ2v) is 6.49. The summed E-state index contributed by atoms with van der Waals surface area (Å²) in [6.45, 7) is 3.46. The fourth-order valence-electron chi connectivity index (χ4n) is 2.75. The smallest absolute Gasteiger partial charge is 0.251 e. The van der Waals surface area contributed by atoms with Gasteiger partial charge in [0.2, 0.25) is 11.8 Å². The third-order valence-corrected chi connectivity index (χ3v) is 4.21. The van der Waals surface area contributed by atoms with E-state index in [1.165, 1.54) is 0 Å². The molecular formula is C21H22N4O3. The van der Waals surface area contributed by atoms with Gasteiger partial charge in [0.05, 0.1) is 0 Å². The third-order valence-electron chi connectivity index (χ3n) is 4.21. The van der Waals surface area contributed by atoms with Crippen molar-refractivity contribution in [2.75, 3.05) is 0 Å². The molecule has 2 aromatic carbocycles. The first-order valence-electron chi connectivity index (χ1n) is 9.03. The summed E-state index contributed by atoms with van der Waals surface area (Å²) < 4.78 is 5.11. The molecule has 1 heterocycles. The molecule has 2 atom stereocenters. The van der Waals surface area contributed by atoms with Crippen LogP contribution in [0.1, 0.15) is 40.6 Å². The van der Waals surface area contributed by atoms with Crippen molar-refractivity contribution >= 4 is 11.8 Å². The number of benzene rings is 2. The van der Waals surface area contributed by atoms with Crippen LogP contribution >= 0.6 is 0 Å². The van der Waals surface area contributed by atoms with Gasteiger partial charge in [0.25, 0.3) is 5.91 Å². The molecular weight excluding hydrogens is 356 g/mol. The summed E-state index contributed by atoms with van der Waals surface area (Å²) in [5, 5.41) is 9.40. The van der Waals surface area contributed by atoms with E-state index in [2.05, 4.69) is 20.8 Å². The molecule has 2 N–H and O–H groups in total. The van der Waals surface area contributed by atoms with Crippen molar-refractivity contribution in [3.8, 4) is 0 Å². The molecule has 1 aromatic heterocycles. The lowest BCUT2D eigenvalue weighted by molar-refractivity contribution is -0.123. The fraction of sp³-hybridized carbons (Fsp3) is 0.238. The molecule has 7 nitrogen and oxygen atoms in total. The Bertz CT molecular complexity index is 925. The highest BCUT2D eigenvalue weighted by Gasteiger charge is 2.25. The van der Waals surface area contributed by atoms with Gasteiger partial charge in [0.15, 0.2) is 5.82 Å². The number of aryl methyl sites for hydroxylation is 1. The van der Waals surface area contributed by atoms with E-state index in [0.717, 1.165) is 5.56 Å². The van der Waals surface area contributed by atoms with Crippen molar-refractivity contribution in [2.24, 2.45) is 0 Å². The topological polar surface area (TPSA) is 97.1 Å². The number of nitrogens with one attached hydrogen (secondary N) is 2. The molecule has 28 heavy (non-hydrogen) atoms. The Hall–Kier alpha value is -3.48. The summed E-state index contributed by atoms with van der Waals surface area (Å²) in [4.78, 5) is 29.6. The molecule has 0 aliphatic rings. The molecule has 0 radical (unpaired) electrons. The Labute approximate surface area is 163 Å². The van der Waals surface area contributed by atoms with E-state index in [4.69, 9.17) is 4.52 Å². The minimum absolute atomic E-state index is 0.307. The Balaban J connectivity index is 1.74. The second-order valence-electron chi connectivity index (χ2n) is 6.49. The van der Waals surface area contributed by atoms with E-state index in [1.807, 2.05) is 36.4 Å². The first-order valence-corrected chi connectivity index (χ1v) is 9.03. The SMILES string of the molecule is Cc1noc(C(C)NC(=O)C(Cc2ccccc2)NC(=O)c2ccccc2)n1. The summed E-state index contributed by atoms with van der Waals surface area (Å²) >= 11 is 0. The third kappa shape index (κ3) is 5.03. The van der Waals surface area contributed by atoms with Crippen LogP contribution in [0.25, 0.3) is 0 Å². The molecule has 0 spiro atoms. The van der Waals surface area contributed by atoms with Crippen LogP contribution in [0.15, 0.2) is 65.2 Å². The number of nitrogens with zero attached hydrogens (tertiary/aromatic N) is 2. The van der Waals surface area contributed by atoms with Crippen LogP contribution in [-0.4, -0.2) is 28.0 Å². The Kier molecular flexibility index (Phi) is 6.16. The summed E-state index contributed by atoms with van der Waals surface area (Å²) in [5.41, 5.74) is 1.44. The summed E-state index contributed by atoms with van der Waals surface area (Å²) in [5.74, 6) is 0.183. The minimum Gasteiger partial charge on any atom is -0.343 e. The van der Waals surface area contributed by atoms with E-state index in [1.54, 1.807) is 38.1 Å². The van der Waals surface area contributed by atoms with Crippen LogP contribution in [0, 0.1) is 6.92 Å². The number of rotatable bonds is 7. The molecule has 0 saturated carbocycles. The highest BCUT2D eigenvalue weighted by Crippen LogP contribution is 2.11. The van der Waals surface area contributed by atoms with Gasteiger partial charge in [0.1, 0.15) is 12.1 Å². The van der Waals surface area contributed by atoms with E-state index in [-0.39, 0.29) is 11.8 Å². The lowest BCUT2D eigenvalue weighted by Gasteiger charge is -2.20. The molecule has 0 aliphatic heterocycles. The lowest BCUT2D eigenvalue weighted by atomic mass is 10.0. The molecule has 0 fully saturated rings. The van der Waals surface area contributed by atoms with Gasteiger partial charge in [-0.05, 0) is 31.5 Å². The van der Waals surface area contributed by atoms with Gasteiger partial charge in [-0.2, -0.15) is 4.98 Å². The van der Waals surface area contributed by atoms with Crippen LogP contribution in [0.4, 0.5) is 0 Å². The highest BCUT2D eigenvalue weighted by atomic mass is 16.5. The summed E-state index contributed by atoms with van der Waals surface area (Å²) in [6, 6.07) is 17.1. The van der Waals surface area contributed by atoms with Crippen molar-refractivity contribution in [1.29, 1.82) is 0 Å². The van der Waals surface area contributed by atoms with Gasteiger partial charge in [-0.25, -0.2) is 0 Å². The van der Waals surface area contributed by atoms with Crippen molar-refractivity contribution in [1.82, 2.24) is 20.8 Å². The van der Waals surface area contributed by atoms with Crippen LogP contribution in [0.5, 0.6) is 0 Å². The van der Waals surface area contributed by atoms with Gasteiger partial charge in [0, 0.05) is 12.0 Å². The average molecular weight is 378 g/mol. The summed E-state index contributed by atoms with van der Waals surface area (Å²) in [7, 11) is 0. The number of hydrogen-bond acceptors (Lipinski definition) is 5. The summed E-state index contributed by atoms with van der Waals surface area (Å²) in [6.07, 6.45) is 0.362. The molecule has 0 bridgehead atoms. The van der Waals surface area contributed by atoms with Crippen molar-refractivity contribution in [2.45, 2.75) is 32.4 Å². The number of aromatic nitrogens is 2. The van der Waals surface area contributed by atoms with Crippen molar-refractivity contribution < 1.29 is 14.1 Å². The standard InChI is InChI=1S/C21H22N4O3/c1-14(21-23-15(2)25-28-21)22-20(27)18(13-16-9-5-3-6-10-16)24-19(26)17-11-7-4-8-12-17/h3-12,14,18H,13H2,1-2H3,(H,22,27)(H,24,26). The predicted molar refractivity (Wildman–Crippen MR) is 103 cm³/mol. The van der Waals surface area contributed by atoms with Crippen LogP contribution in [0.2, 0.25) is 0 Å². The molecule has 144 valence electrons. The van der Waals surface area contributed by atoms with Gasteiger partial charge >= 0.3 is 0 Å². The second kappa shape index (κ2) is 8.94. The van der Waals surface area contributed by atoms with E-state index >= 15 is 0 Å². The first kappa shape index (κ1) is 19.3. The van der Waals surface area contributed by atoms with E-state index in [9.17, 15) is 9.59 Å². The van der Waals surface area contributed by atoms with E-state index < -0.39 is 12.1 Å². The molecule has 3 aromatic rings. The van der Waals surface area contributed by atoms with Crippen LogP contribution in [-0.2, 0) is 11.2 Å². The Morgan fingerprint density at radius 1 is 1.00 bits per heavy atom.